The first-order valence-corrected chi connectivity index (χ1v) is 6.91. The number of hydrogen-bond acceptors (Lipinski definition) is 5. The van der Waals surface area contributed by atoms with Crippen LogP contribution in [0.15, 0.2) is 30.3 Å². The molecule has 0 saturated heterocycles. The second-order valence-electron chi connectivity index (χ2n) is 4.46. The Morgan fingerprint density at radius 3 is 2.50 bits per heavy atom. The van der Waals surface area contributed by atoms with Gasteiger partial charge in [0.1, 0.15) is 11.9 Å². The number of ether oxygens (including phenoxy) is 1. The third-order valence-electron chi connectivity index (χ3n) is 2.86. The molecule has 0 saturated carbocycles. The van der Waals surface area contributed by atoms with Gasteiger partial charge in [-0.2, -0.15) is 9.97 Å². The predicted molar refractivity (Wildman–Crippen MR) is 78.1 cm³/mol. The molecule has 1 aromatic carbocycles. The Balaban J connectivity index is 2.38. The van der Waals surface area contributed by atoms with Crippen molar-refractivity contribution in [3.8, 4) is 0 Å². The molecule has 5 heteroatoms. The Morgan fingerprint density at radius 2 is 1.85 bits per heavy atom. The number of hydrogen-bond donors (Lipinski definition) is 1. The Hall–Kier alpha value is -2.01. The molecule has 20 heavy (non-hydrogen) atoms. The monoisotopic (exact) mass is 272 g/mol. The Bertz CT molecular complexity index is 545. The maximum absolute atomic E-state index is 5.79. The molecule has 2 N–H and O–H groups in total. The van der Waals surface area contributed by atoms with E-state index in [2.05, 4.69) is 21.9 Å². The van der Waals surface area contributed by atoms with Crippen molar-refractivity contribution in [2.75, 3.05) is 12.3 Å². The van der Waals surface area contributed by atoms with Gasteiger partial charge in [0, 0.05) is 13.0 Å². The number of nitrogens with zero attached hydrogens (tertiary/aromatic N) is 3. The van der Waals surface area contributed by atoms with Gasteiger partial charge >= 0.3 is 0 Å². The molecular formula is C15H20N4O. The van der Waals surface area contributed by atoms with Crippen LogP contribution in [-0.2, 0) is 11.2 Å². The summed E-state index contributed by atoms with van der Waals surface area (Å²) in [5.41, 5.74) is 6.80. The van der Waals surface area contributed by atoms with Crippen molar-refractivity contribution >= 4 is 5.95 Å². The fourth-order valence-corrected chi connectivity index (χ4v) is 2.02. The minimum atomic E-state index is -0.304. The molecule has 1 heterocycles. The van der Waals surface area contributed by atoms with Gasteiger partial charge in [-0.1, -0.05) is 37.3 Å². The van der Waals surface area contributed by atoms with Crippen LogP contribution in [0.3, 0.4) is 0 Å². The van der Waals surface area contributed by atoms with Gasteiger partial charge in [-0.25, -0.2) is 4.98 Å². The first kappa shape index (κ1) is 14.4. The lowest BCUT2D eigenvalue weighted by Crippen LogP contribution is -2.14. The maximum Gasteiger partial charge on any atom is 0.223 e. The molecule has 106 valence electrons. The van der Waals surface area contributed by atoms with E-state index in [9.17, 15) is 0 Å². The molecule has 2 rings (SSSR count). The Kier molecular flexibility index (Phi) is 5.01. The lowest BCUT2D eigenvalue weighted by Gasteiger charge is -2.16. The van der Waals surface area contributed by atoms with Crippen LogP contribution in [-0.4, -0.2) is 21.6 Å². The molecule has 0 aliphatic carbocycles. The van der Waals surface area contributed by atoms with Gasteiger partial charge in [0.25, 0.3) is 0 Å². The molecule has 0 aliphatic rings. The van der Waals surface area contributed by atoms with E-state index in [1.807, 2.05) is 37.3 Å². The van der Waals surface area contributed by atoms with E-state index in [0.717, 1.165) is 24.2 Å². The summed E-state index contributed by atoms with van der Waals surface area (Å²) in [4.78, 5) is 12.9. The average Bonchev–Trinajstić information content (AvgIpc) is 2.45. The van der Waals surface area contributed by atoms with Crippen LogP contribution in [0.5, 0.6) is 0 Å². The third kappa shape index (κ3) is 3.51. The summed E-state index contributed by atoms with van der Waals surface area (Å²) >= 11 is 0. The van der Waals surface area contributed by atoms with E-state index in [-0.39, 0.29) is 12.1 Å². The van der Waals surface area contributed by atoms with Crippen LogP contribution >= 0.6 is 0 Å². The maximum atomic E-state index is 5.79. The number of anilines is 1. The minimum Gasteiger partial charge on any atom is -0.368 e. The van der Waals surface area contributed by atoms with Crippen LogP contribution in [0.25, 0.3) is 0 Å². The molecule has 0 aliphatic heterocycles. The highest BCUT2D eigenvalue weighted by Crippen LogP contribution is 2.23. The number of aryl methyl sites for hydroxylation is 1. The first-order chi connectivity index (χ1) is 9.74. The van der Waals surface area contributed by atoms with Gasteiger partial charge in [0.15, 0.2) is 5.82 Å². The van der Waals surface area contributed by atoms with Crippen LogP contribution in [0.4, 0.5) is 5.95 Å². The lowest BCUT2D eigenvalue weighted by atomic mass is 10.1. The summed E-state index contributed by atoms with van der Waals surface area (Å²) in [6, 6.07) is 9.91. The molecule has 0 bridgehead atoms. The van der Waals surface area contributed by atoms with E-state index >= 15 is 0 Å². The van der Waals surface area contributed by atoms with Gasteiger partial charge < -0.3 is 10.5 Å². The molecule has 1 atom stereocenters. The topological polar surface area (TPSA) is 73.9 Å². The van der Waals surface area contributed by atoms with Gasteiger partial charge in [-0.05, 0) is 18.9 Å². The van der Waals surface area contributed by atoms with E-state index in [0.29, 0.717) is 12.4 Å². The van der Waals surface area contributed by atoms with Crippen molar-refractivity contribution in [2.45, 2.75) is 32.8 Å². The Morgan fingerprint density at radius 1 is 1.10 bits per heavy atom. The van der Waals surface area contributed by atoms with Crippen molar-refractivity contribution in [3.05, 3.63) is 47.5 Å². The zero-order valence-corrected chi connectivity index (χ0v) is 11.9. The highest BCUT2D eigenvalue weighted by Gasteiger charge is 2.18. The highest BCUT2D eigenvalue weighted by atomic mass is 16.5. The number of aromatic nitrogens is 3. The summed E-state index contributed by atoms with van der Waals surface area (Å²) in [6.07, 6.45) is 1.45. The van der Waals surface area contributed by atoms with E-state index in [4.69, 9.17) is 10.5 Å². The molecular weight excluding hydrogens is 252 g/mol. The number of benzene rings is 1. The summed E-state index contributed by atoms with van der Waals surface area (Å²) in [5, 5.41) is 0. The van der Waals surface area contributed by atoms with Gasteiger partial charge in [-0.3, -0.25) is 0 Å². The van der Waals surface area contributed by atoms with Crippen molar-refractivity contribution in [3.63, 3.8) is 0 Å². The molecule has 0 amide bonds. The lowest BCUT2D eigenvalue weighted by molar-refractivity contribution is 0.0848. The summed E-state index contributed by atoms with van der Waals surface area (Å²) in [7, 11) is 0. The van der Waals surface area contributed by atoms with Crippen molar-refractivity contribution < 1.29 is 4.74 Å². The van der Waals surface area contributed by atoms with Crippen molar-refractivity contribution in [1.29, 1.82) is 0 Å². The third-order valence-corrected chi connectivity index (χ3v) is 2.86. The minimum absolute atomic E-state index is 0.249. The molecule has 0 spiro atoms. The largest absolute Gasteiger partial charge is 0.368 e. The smallest absolute Gasteiger partial charge is 0.223 e. The van der Waals surface area contributed by atoms with Crippen molar-refractivity contribution in [2.24, 2.45) is 0 Å². The molecule has 5 nitrogen and oxygen atoms in total. The summed E-state index contributed by atoms with van der Waals surface area (Å²) in [6.45, 7) is 4.61. The van der Waals surface area contributed by atoms with Crippen LogP contribution < -0.4 is 5.73 Å². The SMILES string of the molecule is CCCc1nc(N)nc(C(OCC)c2ccccc2)n1. The molecule has 0 fully saturated rings. The highest BCUT2D eigenvalue weighted by molar-refractivity contribution is 5.26. The average molecular weight is 272 g/mol. The number of nitrogens with two attached hydrogens (primary N) is 1. The van der Waals surface area contributed by atoms with Gasteiger partial charge in [0.05, 0.1) is 0 Å². The predicted octanol–water partition coefficient (Wildman–Crippen LogP) is 2.53. The number of rotatable bonds is 6. The zero-order valence-electron chi connectivity index (χ0n) is 11.9. The van der Waals surface area contributed by atoms with Gasteiger partial charge in [-0.15, -0.1) is 0 Å². The van der Waals surface area contributed by atoms with Crippen LogP contribution in [0.2, 0.25) is 0 Å². The van der Waals surface area contributed by atoms with Crippen molar-refractivity contribution in [1.82, 2.24) is 15.0 Å². The fourth-order valence-electron chi connectivity index (χ4n) is 2.02. The fraction of sp³-hybridized carbons (Fsp3) is 0.400. The van der Waals surface area contributed by atoms with Crippen LogP contribution in [0.1, 0.15) is 43.6 Å². The molecule has 2 aromatic rings. The van der Waals surface area contributed by atoms with Gasteiger partial charge in [0.2, 0.25) is 5.95 Å². The second-order valence-corrected chi connectivity index (χ2v) is 4.46. The summed E-state index contributed by atoms with van der Waals surface area (Å²) < 4.78 is 5.79. The van der Waals surface area contributed by atoms with E-state index < -0.39 is 0 Å². The van der Waals surface area contributed by atoms with Crippen LogP contribution in [0, 0.1) is 0 Å². The molecule has 1 aromatic heterocycles. The first-order valence-electron chi connectivity index (χ1n) is 6.91. The van der Waals surface area contributed by atoms with E-state index in [1.54, 1.807) is 0 Å². The normalized spacial score (nSPS) is 12.3. The van der Waals surface area contributed by atoms with E-state index in [1.165, 1.54) is 0 Å². The quantitative estimate of drug-likeness (QED) is 0.874. The standard InChI is InChI=1S/C15H20N4O/c1-3-8-12-17-14(19-15(16)18-12)13(20-4-2)11-9-6-5-7-10-11/h5-7,9-10,13H,3-4,8H2,1-2H3,(H2,16,17,18,19). The summed E-state index contributed by atoms with van der Waals surface area (Å²) in [5.74, 6) is 1.55. The zero-order chi connectivity index (χ0) is 14.4. The Labute approximate surface area is 119 Å². The molecule has 0 radical (unpaired) electrons. The molecule has 1 unspecified atom stereocenters. The second kappa shape index (κ2) is 6.96. The number of nitrogen functional groups attached to an aromatic ring is 1.